The van der Waals surface area contributed by atoms with E-state index in [9.17, 15) is 14.4 Å². The summed E-state index contributed by atoms with van der Waals surface area (Å²) in [7, 11) is 0. The van der Waals surface area contributed by atoms with Crippen molar-refractivity contribution < 1.29 is 19.1 Å². The summed E-state index contributed by atoms with van der Waals surface area (Å²) in [4.78, 5) is 38.7. The van der Waals surface area contributed by atoms with E-state index in [0.29, 0.717) is 18.8 Å². The number of hydrogen-bond acceptors (Lipinski definition) is 5. The topological polar surface area (TPSA) is 99.8 Å². The van der Waals surface area contributed by atoms with E-state index >= 15 is 0 Å². The predicted molar refractivity (Wildman–Crippen MR) is 119 cm³/mol. The van der Waals surface area contributed by atoms with Crippen molar-refractivity contribution in [2.24, 2.45) is 0 Å². The monoisotopic (exact) mass is 428 g/mol. The normalized spacial score (nSPS) is 17.6. The van der Waals surface area contributed by atoms with Gasteiger partial charge in [-0.15, -0.1) is 0 Å². The van der Waals surface area contributed by atoms with Gasteiger partial charge in [0.2, 0.25) is 5.91 Å². The first kappa shape index (κ1) is 22.7. The van der Waals surface area contributed by atoms with E-state index < -0.39 is 18.0 Å². The summed E-state index contributed by atoms with van der Waals surface area (Å²) in [5.41, 5.74) is 2.09. The number of rotatable bonds is 8. The third kappa shape index (κ3) is 6.73. The van der Waals surface area contributed by atoms with Gasteiger partial charge in [-0.25, -0.2) is 4.79 Å². The second-order valence-electron chi connectivity index (χ2n) is 7.91. The molecule has 0 aromatic heterocycles. The van der Waals surface area contributed by atoms with E-state index in [1.807, 2.05) is 25.1 Å². The van der Waals surface area contributed by atoms with Crippen LogP contribution < -0.4 is 25.6 Å². The van der Waals surface area contributed by atoms with Gasteiger partial charge in [0.05, 0.1) is 18.8 Å². The molecule has 1 aromatic rings. The van der Waals surface area contributed by atoms with Gasteiger partial charge >= 0.3 is 6.03 Å². The third-order valence-corrected chi connectivity index (χ3v) is 5.41. The Morgan fingerprint density at radius 3 is 2.74 bits per heavy atom. The molecule has 1 aliphatic carbocycles. The lowest BCUT2D eigenvalue weighted by molar-refractivity contribution is -0.128. The zero-order valence-electron chi connectivity index (χ0n) is 18.1. The molecule has 0 bridgehead atoms. The van der Waals surface area contributed by atoms with Crippen molar-refractivity contribution >= 4 is 23.5 Å². The van der Waals surface area contributed by atoms with E-state index in [4.69, 9.17) is 4.74 Å². The number of amides is 4. The number of hydrogen-bond donors (Lipinski definition) is 3. The number of imide groups is 1. The van der Waals surface area contributed by atoms with Gasteiger partial charge in [-0.2, -0.15) is 0 Å². The molecule has 2 aliphatic rings. The highest BCUT2D eigenvalue weighted by Crippen LogP contribution is 2.32. The number of allylic oxidation sites excluding steroid dienone is 1. The molecule has 31 heavy (non-hydrogen) atoms. The molecular weight excluding hydrogens is 396 g/mol. The highest BCUT2D eigenvalue weighted by molar-refractivity contribution is 5.97. The van der Waals surface area contributed by atoms with E-state index in [1.54, 1.807) is 11.0 Å². The molecule has 8 nitrogen and oxygen atoms in total. The maximum Gasteiger partial charge on any atom is 0.321 e. The zero-order valence-corrected chi connectivity index (χ0v) is 18.1. The predicted octanol–water partition coefficient (Wildman–Crippen LogP) is 2.50. The van der Waals surface area contributed by atoms with Gasteiger partial charge in [0.1, 0.15) is 5.75 Å². The number of nitrogens with zero attached hydrogens (tertiary/aromatic N) is 1. The smallest absolute Gasteiger partial charge is 0.321 e. The van der Waals surface area contributed by atoms with Gasteiger partial charge in [-0.3, -0.25) is 14.9 Å². The molecule has 0 radical (unpaired) electrons. The lowest BCUT2D eigenvalue weighted by Gasteiger charge is -2.35. The Hall–Kier alpha value is -3.03. The number of benzene rings is 1. The second-order valence-corrected chi connectivity index (χ2v) is 7.91. The fraction of sp³-hybridized carbons (Fsp3) is 0.522. The Kier molecular flexibility index (Phi) is 8.32. The van der Waals surface area contributed by atoms with Crippen molar-refractivity contribution in [2.45, 2.75) is 51.6 Å². The van der Waals surface area contributed by atoms with Gasteiger partial charge < -0.3 is 20.3 Å². The lowest BCUT2D eigenvalue weighted by Crippen LogP contribution is -2.52. The van der Waals surface area contributed by atoms with Crippen LogP contribution in [-0.2, 0) is 9.59 Å². The molecule has 0 saturated carbocycles. The molecular formula is C23H32N4O4. The van der Waals surface area contributed by atoms with Crippen LogP contribution in [0.4, 0.5) is 10.5 Å². The lowest BCUT2D eigenvalue weighted by atomic mass is 9.97. The molecule has 8 heteroatoms. The van der Waals surface area contributed by atoms with Crippen LogP contribution in [0.2, 0.25) is 0 Å². The van der Waals surface area contributed by atoms with Gasteiger partial charge in [0.15, 0.2) is 6.10 Å². The number of fused-ring (bicyclic) bond motifs is 1. The molecule has 0 fully saturated rings. The van der Waals surface area contributed by atoms with Crippen molar-refractivity contribution in [2.75, 3.05) is 31.1 Å². The first-order valence-electron chi connectivity index (χ1n) is 11.1. The molecule has 0 saturated heterocycles. The minimum absolute atomic E-state index is 0.0451. The Bertz CT molecular complexity index is 824. The van der Waals surface area contributed by atoms with Crippen molar-refractivity contribution in [3.63, 3.8) is 0 Å². The van der Waals surface area contributed by atoms with Crippen LogP contribution in [0.5, 0.6) is 5.75 Å². The van der Waals surface area contributed by atoms with E-state index in [0.717, 1.165) is 31.4 Å². The maximum atomic E-state index is 12.5. The van der Waals surface area contributed by atoms with Crippen LogP contribution >= 0.6 is 0 Å². The van der Waals surface area contributed by atoms with Gasteiger partial charge in [0, 0.05) is 13.1 Å². The summed E-state index contributed by atoms with van der Waals surface area (Å²) < 4.78 is 5.82. The second kappa shape index (κ2) is 11.4. The van der Waals surface area contributed by atoms with Crippen molar-refractivity contribution in [3.8, 4) is 5.75 Å². The highest BCUT2D eigenvalue weighted by atomic mass is 16.5. The van der Waals surface area contributed by atoms with E-state index in [2.05, 4.69) is 22.0 Å². The summed E-state index contributed by atoms with van der Waals surface area (Å²) in [6.07, 6.45) is 7.81. The Morgan fingerprint density at radius 1 is 1.13 bits per heavy atom. The van der Waals surface area contributed by atoms with Crippen LogP contribution in [0.1, 0.15) is 45.4 Å². The first-order valence-corrected chi connectivity index (χ1v) is 11.1. The molecule has 0 unspecified atom stereocenters. The molecule has 4 amide bonds. The molecule has 1 aliphatic heterocycles. The van der Waals surface area contributed by atoms with Crippen LogP contribution in [0.25, 0.3) is 0 Å². The number of para-hydroxylation sites is 2. The minimum Gasteiger partial charge on any atom is -0.477 e. The van der Waals surface area contributed by atoms with Gasteiger partial charge in [-0.1, -0.05) is 30.7 Å². The summed E-state index contributed by atoms with van der Waals surface area (Å²) in [6, 6.07) is 6.77. The van der Waals surface area contributed by atoms with Crippen LogP contribution in [0, 0.1) is 0 Å². The standard InChI is InChI=1S/C23H32N4O4/c1-2-13-24-22(29)20-15-27(18-10-6-7-11-19(18)31-20)16-21(28)26-23(30)25-14-12-17-8-4-3-5-9-17/h6-8,10-11,20H,2-5,9,12-16H2,1H3,(H,24,29)(H2,25,26,28,30)/t20-/m1/s1. The fourth-order valence-corrected chi connectivity index (χ4v) is 3.81. The van der Waals surface area contributed by atoms with E-state index in [1.165, 1.54) is 18.4 Å². The van der Waals surface area contributed by atoms with Crippen molar-refractivity contribution in [1.29, 1.82) is 0 Å². The Labute approximate surface area is 183 Å². The Balaban J connectivity index is 1.51. The Morgan fingerprint density at radius 2 is 1.97 bits per heavy atom. The van der Waals surface area contributed by atoms with Gasteiger partial charge in [0.25, 0.3) is 5.91 Å². The fourth-order valence-electron chi connectivity index (χ4n) is 3.81. The molecule has 3 N–H and O–H groups in total. The molecule has 1 atom stereocenters. The number of anilines is 1. The highest BCUT2D eigenvalue weighted by Gasteiger charge is 2.31. The van der Waals surface area contributed by atoms with Crippen LogP contribution in [0.15, 0.2) is 35.9 Å². The number of urea groups is 1. The molecule has 1 aromatic carbocycles. The summed E-state index contributed by atoms with van der Waals surface area (Å²) in [5.74, 6) is -0.0984. The van der Waals surface area contributed by atoms with E-state index in [-0.39, 0.29) is 19.0 Å². The SMILES string of the molecule is CCCNC(=O)[C@H]1CN(CC(=O)NC(=O)NCCC2=CCCCC2)c2ccccc2O1. The minimum atomic E-state index is -0.716. The quantitative estimate of drug-likeness (QED) is 0.553. The zero-order chi connectivity index (χ0) is 22.1. The van der Waals surface area contributed by atoms with Crippen molar-refractivity contribution in [1.82, 2.24) is 16.0 Å². The maximum absolute atomic E-state index is 12.5. The summed E-state index contributed by atoms with van der Waals surface area (Å²) in [5, 5.41) is 7.96. The number of nitrogens with one attached hydrogen (secondary N) is 3. The summed E-state index contributed by atoms with van der Waals surface area (Å²) in [6.45, 7) is 3.24. The third-order valence-electron chi connectivity index (χ3n) is 5.41. The van der Waals surface area contributed by atoms with Crippen molar-refractivity contribution in [3.05, 3.63) is 35.9 Å². The largest absolute Gasteiger partial charge is 0.477 e. The molecule has 168 valence electrons. The van der Waals surface area contributed by atoms with Crippen LogP contribution in [0.3, 0.4) is 0 Å². The molecule has 3 rings (SSSR count). The molecule has 1 heterocycles. The van der Waals surface area contributed by atoms with Gasteiger partial charge in [-0.05, 0) is 50.7 Å². The average molecular weight is 429 g/mol. The average Bonchev–Trinajstić information content (AvgIpc) is 2.78. The van der Waals surface area contributed by atoms with Crippen LogP contribution in [-0.4, -0.2) is 50.1 Å². The number of carbonyl (C=O) groups excluding carboxylic acids is 3. The summed E-state index contributed by atoms with van der Waals surface area (Å²) >= 11 is 0. The first-order chi connectivity index (χ1) is 15.1. The number of ether oxygens (including phenoxy) is 1. The number of carbonyl (C=O) groups is 3. The molecule has 0 spiro atoms.